The smallest absolute Gasteiger partial charge is 0.263 e. The van der Waals surface area contributed by atoms with E-state index >= 15 is 0 Å². The van der Waals surface area contributed by atoms with Crippen LogP contribution in [0.15, 0.2) is 51.3 Å². The zero-order chi connectivity index (χ0) is 18.8. The number of aryl methyl sites for hydroxylation is 2. The summed E-state index contributed by atoms with van der Waals surface area (Å²) in [6.45, 7) is 8.03. The van der Waals surface area contributed by atoms with E-state index < -0.39 is 0 Å². The Labute approximate surface area is 168 Å². The lowest BCUT2D eigenvalue weighted by Gasteiger charge is -2.10. The topological polar surface area (TPSA) is 52.0 Å². The van der Waals surface area contributed by atoms with Crippen LogP contribution in [0.25, 0.3) is 10.2 Å². The average Bonchev–Trinajstić information content (AvgIpc) is 2.90. The monoisotopic (exact) mass is 448 g/mol. The van der Waals surface area contributed by atoms with E-state index in [0.29, 0.717) is 22.7 Å². The number of Topliss-reactive ketones (excluding diaryl/α,β-unsaturated/α-hetero) is 1. The van der Waals surface area contributed by atoms with Gasteiger partial charge in [0.25, 0.3) is 5.56 Å². The number of allylic oxidation sites excluding steroid dienone is 1. The second-order valence-electron chi connectivity index (χ2n) is 5.78. The summed E-state index contributed by atoms with van der Waals surface area (Å²) < 4.78 is 2.52. The van der Waals surface area contributed by atoms with E-state index in [2.05, 4.69) is 27.5 Å². The Morgan fingerprint density at radius 3 is 2.69 bits per heavy atom. The lowest BCUT2D eigenvalue weighted by atomic mass is 10.2. The van der Waals surface area contributed by atoms with E-state index in [1.165, 1.54) is 23.1 Å². The zero-order valence-corrected chi connectivity index (χ0v) is 17.6. The molecule has 0 bridgehead atoms. The van der Waals surface area contributed by atoms with Crippen molar-refractivity contribution in [1.29, 1.82) is 0 Å². The van der Waals surface area contributed by atoms with Crippen molar-refractivity contribution in [1.82, 2.24) is 9.55 Å². The number of benzene rings is 1. The van der Waals surface area contributed by atoms with Gasteiger partial charge in [-0.15, -0.1) is 17.9 Å². The lowest BCUT2D eigenvalue weighted by Crippen LogP contribution is -2.23. The number of rotatable bonds is 6. The Morgan fingerprint density at radius 1 is 1.35 bits per heavy atom. The Balaban J connectivity index is 1.94. The van der Waals surface area contributed by atoms with Gasteiger partial charge in [0.05, 0.1) is 11.1 Å². The van der Waals surface area contributed by atoms with Crippen LogP contribution in [0.3, 0.4) is 0 Å². The Hall–Kier alpha value is -1.70. The summed E-state index contributed by atoms with van der Waals surface area (Å²) in [5.41, 5.74) is 1.54. The molecule has 0 atom stereocenters. The molecule has 134 valence electrons. The highest BCUT2D eigenvalue weighted by Crippen LogP contribution is 2.28. The van der Waals surface area contributed by atoms with E-state index in [1.54, 1.807) is 22.8 Å². The van der Waals surface area contributed by atoms with Crippen LogP contribution in [-0.4, -0.2) is 21.1 Å². The summed E-state index contributed by atoms with van der Waals surface area (Å²) in [6, 6.07) is 7.25. The van der Waals surface area contributed by atoms with E-state index in [9.17, 15) is 9.59 Å². The molecule has 1 aromatic carbocycles. The summed E-state index contributed by atoms with van der Waals surface area (Å²) >= 11 is 6.16. The number of aromatic nitrogens is 2. The van der Waals surface area contributed by atoms with Gasteiger partial charge in [-0.2, -0.15) is 0 Å². The van der Waals surface area contributed by atoms with Crippen LogP contribution >= 0.6 is 39.0 Å². The van der Waals surface area contributed by atoms with Crippen LogP contribution < -0.4 is 5.56 Å². The number of hydrogen-bond donors (Lipinski definition) is 0. The first kappa shape index (κ1) is 19.1. The molecule has 0 saturated carbocycles. The van der Waals surface area contributed by atoms with Crippen LogP contribution in [0.2, 0.25) is 0 Å². The minimum Gasteiger partial charge on any atom is -0.293 e. The van der Waals surface area contributed by atoms with Crippen molar-refractivity contribution in [3.05, 3.63) is 67.8 Å². The van der Waals surface area contributed by atoms with Gasteiger partial charge < -0.3 is 0 Å². The molecule has 0 aliphatic carbocycles. The van der Waals surface area contributed by atoms with Gasteiger partial charge in [0.15, 0.2) is 10.9 Å². The minimum atomic E-state index is -0.0738. The van der Waals surface area contributed by atoms with Crippen LogP contribution in [0.5, 0.6) is 0 Å². The maximum Gasteiger partial charge on any atom is 0.263 e. The van der Waals surface area contributed by atoms with Gasteiger partial charge in [-0.25, -0.2) is 4.98 Å². The summed E-state index contributed by atoms with van der Waals surface area (Å²) in [7, 11) is 0. The fraction of sp³-hybridized carbons (Fsp3) is 0.211. The van der Waals surface area contributed by atoms with E-state index in [0.717, 1.165) is 19.7 Å². The molecule has 0 fully saturated rings. The lowest BCUT2D eigenvalue weighted by molar-refractivity contribution is 0.102. The molecule has 0 amide bonds. The normalized spacial score (nSPS) is 11.0. The van der Waals surface area contributed by atoms with Crippen LogP contribution in [-0.2, 0) is 6.54 Å². The van der Waals surface area contributed by atoms with E-state index in [4.69, 9.17) is 0 Å². The maximum absolute atomic E-state index is 12.9. The standard InChI is InChI=1S/C19H17BrN2O2S2/c1-4-9-22-18(24)16-11(2)12(3)26-17(16)21-19(22)25-10-15(23)13-5-7-14(20)8-6-13/h4-8H,1,9-10H2,2-3H3. The van der Waals surface area contributed by atoms with Gasteiger partial charge in [0.1, 0.15) is 4.83 Å². The van der Waals surface area contributed by atoms with Crippen molar-refractivity contribution in [3.8, 4) is 0 Å². The second-order valence-corrected chi connectivity index (χ2v) is 8.84. The Kier molecular flexibility index (Phi) is 5.79. The zero-order valence-electron chi connectivity index (χ0n) is 14.4. The number of hydrogen-bond acceptors (Lipinski definition) is 5. The third-order valence-electron chi connectivity index (χ3n) is 4.06. The number of halogens is 1. The number of thioether (sulfide) groups is 1. The van der Waals surface area contributed by atoms with Gasteiger partial charge in [-0.05, 0) is 31.5 Å². The van der Waals surface area contributed by atoms with Crippen molar-refractivity contribution < 1.29 is 4.79 Å². The molecule has 0 saturated heterocycles. The first-order valence-corrected chi connectivity index (χ1v) is 10.5. The van der Waals surface area contributed by atoms with Crippen molar-refractivity contribution in [2.45, 2.75) is 25.5 Å². The number of thiophene rings is 1. The SMILES string of the molecule is C=CCn1c(SCC(=O)c2ccc(Br)cc2)nc2sc(C)c(C)c2c1=O. The molecule has 0 spiro atoms. The summed E-state index contributed by atoms with van der Waals surface area (Å²) in [4.78, 5) is 31.8. The molecule has 0 aliphatic rings. The molecule has 0 unspecified atom stereocenters. The highest BCUT2D eigenvalue weighted by atomic mass is 79.9. The van der Waals surface area contributed by atoms with Crippen molar-refractivity contribution in [3.63, 3.8) is 0 Å². The van der Waals surface area contributed by atoms with Crippen LogP contribution in [0, 0.1) is 13.8 Å². The molecule has 0 N–H and O–H groups in total. The number of carbonyl (C=O) groups is 1. The van der Waals surface area contributed by atoms with Crippen LogP contribution in [0.1, 0.15) is 20.8 Å². The average molecular weight is 449 g/mol. The Bertz CT molecular complexity index is 1050. The van der Waals surface area contributed by atoms with E-state index in [-0.39, 0.29) is 17.1 Å². The number of fused-ring (bicyclic) bond motifs is 1. The second kappa shape index (κ2) is 7.90. The van der Waals surface area contributed by atoms with Gasteiger partial charge in [0.2, 0.25) is 0 Å². The quantitative estimate of drug-likeness (QED) is 0.230. The molecular formula is C19H17BrN2O2S2. The summed E-state index contributed by atoms with van der Waals surface area (Å²) in [6.07, 6.45) is 1.67. The van der Waals surface area contributed by atoms with Gasteiger partial charge in [-0.3, -0.25) is 14.2 Å². The summed E-state index contributed by atoms with van der Waals surface area (Å²) in [5.74, 6) is 0.223. The fourth-order valence-corrected chi connectivity index (χ4v) is 4.80. The van der Waals surface area contributed by atoms with Crippen molar-refractivity contribution >= 4 is 55.0 Å². The largest absolute Gasteiger partial charge is 0.293 e. The van der Waals surface area contributed by atoms with Crippen molar-refractivity contribution in [2.24, 2.45) is 0 Å². The predicted molar refractivity (Wildman–Crippen MR) is 113 cm³/mol. The number of nitrogens with zero attached hydrogens (tertiary/aromatic N) is 2. The predicted octanol–water partition coefficient (Wildman–Crippen LogP) is 5.00. The molecule has 0 aliphatic heterocycles. The molecule has 3 aromatic rings. The molecule has 26 heavy (non-hydrogen) atoms. The Morgan fingerprint density at radius 2 is 2.04 bits per heavy atom. The van der Waals surface area contributed by atoms with Crippen molar-refractivity contribution in [2.75, 3.05) is 5.75 Å². The highest BCUT2D eigenvalue weighted by molar-refractivity contribution is 9.10. The van der Waals surface area contributed by atoms with Gasteiger partial charge >= 0.3 is 0 Å². The third kappa shape index (κ3) is 3.70. The number of ketones is 1. The molecule has 2 aromatic heterocycles. The molecule has 2 heterocycles. The van der Waals surface area contributed by atoms with Crippen LogP contribution in [0.4, 0.5) is 0 Å². The maximum atomic E-state index is 12.9. The molecule has 7 heteroatoms. The first-order chi connectivity index (χ1) is 12.4. The fourth-order valence-electron chi connectivity index (χ4n) is 2.56. The third-order valence-corrected chi connectivity index (χ3v) is 6.67. The molecule has 0 radical (unpaired) electrons. The molecule has 3 rings (SSSR count). The highest BCUT2D eigenvalue weighted by Gasteiger charge is 2.17. The molecule has 4 nitrogen and oxygen atoms in total. The van der Waals surface area contributed by atoms with E-state index in [1.807, 2.05) is 26.0 Å². The van der Waals surface area contributed by atoms with Gasteiger partial charge in [-0.1, -0.05) is 45.9 Å². The minimum absolute atomic E-state index is 0.000500. The first-order valence-electron chi connectivity index (χ1n) is 7.95. The molecular weight excluding hydrogens is 432 g/mol. The van der Waals surface area contributed by atoms with Gasteiger partial charge in [0, 0.05) is 21.5 Å². The summed E-state index contributed by atoms with van der Waals surface area (Å²) in [5, 5.41) is 1.21. The number of carbonyl (C=O) groups excluding carboxylic acids is 1.